The van der Waals surface area contributed by atoms with Gasteiger partial charge in [0.25, 0.3) is 0 Å². The van der Waals surface area contributed by atoms with E-state index in [9.17, 15) is 9.59 Å². The second kappa shape index (κ2) is 2.58. The molecule has 4 heteroatoms. The molecule has 0 aromatic rings. The van der Waals surface area contributed by atoms with Gasteiger partial charge in [0.15, 0.2) is 5.41 Å². The molecule has 0 amide bonds. The van der Waals surface area contributed by atoms with Crippen LogP contribution < -0.4 is 0 Å². The first kappa shape index (κ1) is 8.29. The van der Waals surface area contributed by atoms with E-state index < -0.39 is 17.4 Å². The van der Waals surface area contributed by atoms with Crippen molar-refractivity contribution in [2.24, 2.45) is 5.41 Å². The second-order valence-corrected chi connectivity index (χ2v) is 3.30. The Morgan fingerprint density at radius 1 is 1.77 bits per heavy atom. The molecule has 0 aromatic heterocycles. The summed E-state index contributed by atoms with van der Waals surface area (Å²) < 4.78 is 9.57. The molecule has 13 heavy (non-hydrogen) atoms. The van der Waals surface area contributed by atoms with E-state index in [0.717, 1.165) is 0 Å². The van der Waals surface area contributed by atoms with Gasteiger partial charge in [0.1, 0.15) is 6.10 Å². The first-order chi connectivity index (χ1) is 6.19. The zero-order chi connectivity index (χ0) is 9.47. The van der Waals surface area contributed by atoms with Gasteiger partial charge in [-0.1, -0.05) is 6.08 Å². The summed E-state index contributed by atoms with van der Waals surface area (Å²) in [5.74, 6) is -0.995. The van der Waals surface area contributed by atoms with Crippen LogP contribution in [-0.4, -0.2) is 25.2 Å². The van der Waals surface area contributed by atoms with Crippen molar-refractivity contribution >= 4 is 11.9 Å². The molecule has 0 unspecified atom stereocenters. The molecular formula is C9H10O4. The zero-order valence-electron chi connectivity index (χ0n) is 7.28. The van der Waals surface area contributed by atoms with Crippen molar-refractivity contribution in [1.29, 1.82) is 0 Å². The van der Waals surface area contributed by atoms with Crippen molar-refractivity contribution in [3.05, 3.63) is 12.2 Å². The van der Waals surface area contributed by atoms with Crippen molar-refractivity contribution in [1.82, 2.24) is 0 Å². The maximum atomic E-state index is 11.4. The molecule has 2 aliphatic heterocycles. The Bertz CT molecular complexity index is 294. The number of methoxy groups -OCH3 is 1. The maximum Gasteiger partial charge on any atom is 0.328 e. The third kappa shape index (κ3) is 0.978. The van der Waals surface area contributed by atoms with E-state index in [-0.39, 0.29) is 6.10 Å². The minimum absolute atomic E-state index is 0.140. The van der Waals surface area contributed by atoms with Crippen LogP contribution in [0.25, 0.3) is 0 Å². The maximum absolute atomic E-state index is 11.4. The molecular weight excluding hydrogens is 172 g/mol. The van der Waals surface area contributed by atoms with Crippen LogP contribution in [0.3, 0.4) is 0 Å². The highest BCUT2D eigenvalue weighted by Gasteiger charge is 2.52. The van der Waals surface area contributed by atoms with Crippen LogP contribution in [0.1, 0.15) is 12.8 Å². The van der Waals surface area contributed by atoms with Gasteiger partial charge in [0.2, 0.25) is 0 Å². The minimum Gasteiger partial charge on any atom is -0.468 e. The molecule has 4 nitrogen and oxygen atoms in total. The van der Waals surface area contributed by atoms with Gasteiger partial charge in [0.05, 0.1) is 7.11 Å². The molecule has 0 spiro atoms. The highest BCUT2D eigenvalue weighted by Crippen LogP contribution is 2.39. The lowest BCUT2D eigenvalue weighted by Crippen LogP contribution is -2.48. The van der Waals surface area contributed by atoms with Gasteiger partial charge in [-0.15, -0.1) is 0 Å². The first-order valence-electron chi connectivity index (χ1n) is 4.18. The Morgan fingerprint density at radius 2 is 2.54 bits per heavy atom. The number of hydrogen-bond donors (Lipinski definition) is 0. The molecule has 3 aliphatic rings. The summed E-state index contributed by atoms with van der Waals surface area (Å²) >= 11 is 0. The Balaban J connectivity index is 2.38. The average molecular weight is 182 g/mol. The molecule has 1 saturated heterocycles. The molecule has 2 heterocycles. The molecule has 3 rings (SSSR count). The number of ether oxygens (including phenoxy) is 2. The number of hydrogen-bond acceptors (Lipinski definition) is 4. The number of esters is 2. The largest absolute Gasteiger partial charge is 0.468 e. The fourth-order valence-corrected chi connectivity index (χ4v) is 1.77. The predicted octanol–water partition coefficient (Wildman–Crippen LogP) is 0.421. The van der Waals surface area contributed by atoms with Gasteiger partial charge in [0, 0.05) is 0 Å². The highest BCUT2D eigenvalue weighted by atomic mass is 16.6. The van der Waals surface area contributed by atoms with E-state index >= 15 is 0 Å². The summed E-state index contributed by atoms with van der Waals surface area (Å²) in [6.07, 6.45) is 4.43. The van der Waals surface area contributed by atoms with Gasteiger partial charge < -0.3 is 9.47 Å². The molecule has 1 fully saturated rings. The SMILES string of the molecule is COC(=O)[C@]12C=C[C@H](CC1)OC2=O. The second-order valence-electron chi connectivity index (χ2n) is 3.30. The normalized spacial score (nSPS) is 35.8. The third-order valence-corrected chi connectivity index (χ3v) is 2.59. The smallest absolute Gasteiger partial charge is 0.328 e. The van der Waals surface area contributed by atoms with Gasteiger partial charge >= 0.3 is 11.9 Å². The minimum atomic E-state index is -1.15. The number of rotatable bonds is 1. The summed E-state index contributed by atoms with van der Waals surface area (Å²) in [7, 11) is 1.28. The van der Waals surface area contributed by atoms with Gasteiger partial charge in [-0.25, -0.2) is 0 Å². The lowest BCUT2D eigenvalue weighted by atomic mass is 9.76. The van der Waals surface area contributed by atoms with Crippen molar-refractivity contribution in [3.8, 4) is 0 Å². The van der Waals surface area contributed by atoms with Crippen molar-refractivity contribution in [2.75, 3.05) is 7.11 Å². The highest BCUT2D eigenvalue weighted by molar-refractivity contribution is 6.03. The number of carbonyl (C=O) groups excluding carboxylic acids is 2. The molecule has 2 bridgehead atoms. The van der Waals surface area contributed by atoms with Crippen molar-refractivity contribution in [3.63, 3.8) is 0 Å². The van der Waals surface area contributed by atoms with E-state index in [1.807, 2.05) is 0 Å². The van der Waals surface area contributed by atoms with Crippen LogP contribution in [0.5, 0.6) is 0 Å². The van der Waals surface area contributed by atoms with Crippen LogP contribution in [-0.2, 0) is 19.1 Å². The Hall–Kier alpha value is -1.32. The zero-order valence-corrected chi connectivity index (χ0v) is 7.28. The van der Waals surface area contributed by atoms with E-state index in [1.54, 1.807) is 12.2 Å². The van der Waals surface area contributed by atoms with Gasteiger partial charge in [-0.3, -0.25) is 9.59 Å². The fraction of sp³-hybridized carbons (Fsp3) is 0.556. The fourth-order valence-electron chi connectivity index (χ4n) is 1.77. The van der Waals surface area contributed by atoms with Crippen LogP contribution in [0.2, 0.25) is 0 Å². The molecule has 0 aromatic carbocycles. The van der Waals surface area contributed by atoms with E-state index in [4.69, 9.17) is 4.74 Å². The summed E-state index contributed by atoms with van der Waals surface area (Å²) in [5, 5.41) is 0. The lowest BCUT2D eigenvalue weighted by Gasteiger charge is -2.37. The Morgan fingerprint density at radius 3 is 3.00 bits per heavy atom. The first-order valence-corrected chi connectivity index (χ1v) is 4.18. The molecule has 70 valence electrons. The van der Waals surface area contributed by atoms with E-state index in [0.29, 0.717) is 12.8 Å². The Kier molecular flexibility index (Phi) is 1.65. The summed E-state index contributed by atoms with van der Waals surface area (Å²) in [6, 6.07) is 0. The monoisotopic (exact) mass is 182 g/mol. The van der Waals surface area contributed by atoms with Gasteiger partial charge in [-0.05, 0) is 18.9 Å². The molecule has 1 aliphatic carbocycles. The van der Waals surface area contributed by atoms with Crippen molar-refractivity contribution in [2.45, 2.75) is 18.9 Å². The van der Waals surface area contributed by atoms with Crippen molar-refractivity contribution < 1.29 is 19.1 Å². The van der Waals surface area contributed by atoms with Crippen LogP contribution in [0.4, 0.5) is 0 Å². The summed E-state index contributed by atoms with van der Waals surface area (Å²) in [6.45, 7) is 0. The number of carbonyl (C=O) groups is 2. The molecule has 0 saturated carbocycles. The van der Waals surface area contributed by atoms with Crippen LogP contribution in [0, 0.1) is 5.41 Å². The Labute approximate surface area is 75.5 Å². The van der Waals surface area contributed by atoms with E-state index in [2.05, 4.69) is 4.74 Å². The predicted molar refractivity (Wildman–Crippen MR) is 42.7 cm³/mol. The topological polar surface area (TPSA) is 52.6 Å². The van der Waals surface area contributed by atoms with Crippen LogP contribution in [0.15, 0.2) is 12.2 Å². The quantitative estimate of drug-likeness (QED) is 0.335. The molecule has 0 radical (unpaired) electrons. The average Bonchev–Trinajstić information content (AvgIpc) is 2.18. The summed E-state index contributed by atoms with van der Waals surface area (Å²) in [4.78, 5) is 22.8. The van der Waals surface area contributed by atoms with E-state index in [1.165, 1.54) is 7.11 Å². The third-order valence-electron chi connectivity index (χ3n) is 2.59. The molecule has 0 N–H and O–H groups in total. The lowest BCUT2D eigenvalue weighted by molar-refractivity contribution is -0.177. The summed E-state index contributed by atoms with van der Waals surface area (Å²) in [5.41, 5.74) is -1.15. The van der Waals surface area contributed by atoms with Gasteiger partial charge in [-0.2, -0.15) is 0 Å². The van der Waals surface area contributed by atoms with Crippen LogP contribution >= 0.6 is 0 Å². The standard InChI is InChI=1S/C9H10O4/c1-12-7(10)9-4-2-6(3-5-9)13-8(9)11/h2,4,6H,3,5H2,1H3/t6-,9+/m1/s1. The number of fused-ring (bicyclic) bond motifs is 2. The molecule has 2 atom stereocenters.